The van der Waals surface area contributed by atoms with Crippen LogP contribution in [0, 0.1) is 6.92 Å². The highest BCUT2D eigenvalue weighted by molar-refractivity contribution is 6.31. The van der Waals surface area contributed by atoms with Crippen molar-refractivity contribution < 1.29 is 4.74 Å². The molecule has 2 unspecified atom stereocenters. The minimum Gasteiger partial charge on any atom is -0.372 e. The highest BCUT2D eigenvalue weighted by atomic mass is 35.5. The van der Waals surface area contributed by atoms with Gasteiger partial charge in [0.25, 0.3) is 0 Å². The summed E-state index contributed by atoms with van der Waals surface area (Å²) in [6.07, 6.45) is 0.0691. The second-order valence-corrected chi connectivity index (χ2v) is 4.21. The fraction of sp³-hybridized carbons (Fsp3) is 0.455. The molecule has 1 aromatic rings. The van der Waals surface area contributed by atoms with Gasteiger partial charge in [0.15, 0.2) is 0 Å². The normalized spacial score (nSPS) is 26.0. The van der Waals surface area contributed by atoms with Gasteiger partial charge in [-0.1, -0.05) is 17.7 Å². The molecule has 0 aromatic heterocycles. The second kappa shape index (κ2) is 3.54. The molecule has 0 saturated carbocycles. The van der Waals surface area contributed by atoms with Crippen molar-refractivity contribution in [2.75, 3.05) is 0 Å². The minimum atomic E-state index is -0.0579. The summed E-state index contributed by atoms with van der Waals surface area (Å²) in [5, 5.41) is 0.757. The van der Waals surface area contributed by atoms with Crippen LogP contribution in [-0.2, 0) is 11.3 Å². The minimum absolute atomic E-state index is 0.0579. The van der Waals surface area contributed by atoms with E-state index in [1.165, 1.54) is 5.56 Å². The van der Waals surface area contributed by atoms with Crippen LogP contribution in [0.3, 0.4) is 0 Å². The quantitative estimate of drug-likeness (QED) is 0.716. The van der Waals surface area contributed by atoms with Crippen LogP contribution in [0.25, 0.3) is 0 Å². The Morgan fingerprint density at radius 3 is 2.93 bits per heavy atom. The molecular formula is C11H14ClNO. The van der Waals surface area contributed by atoms with Gasteiger partial charge in [0.2, 0.25) is 0 Å². The molecule has 0 spiro atoms. The van der Waals surface area contributed by atoms with Gasteiger partial charge in [-0.15, -0.1) is 0 Å². The van der Waals surface area contributed by atoms with Crippen molar-refractivity contribution in [2.45, 2.75) is 32.6 Å². The largest absolute Gasteiger partial charge is 0.372 e. The van der Waals surface area contributed by atoms with Crippen molar-refractivity contribution >= 4 is 11.6 Å². The highest BCUT2D eigenvalue weighted by Gasteiger charge is 2.26. The highest BCUT2D eigenvalue weighted by Crippen LogP contribution is 2.34. The maximum Gasteiger partial charge on any atom is 0.0744 e. The third-order valence-electron chi connectivity index (χ3n) is 2.85. The predicted molar refractivity (Wildman–Crippen MR) is 57.4 cm³/mol. The molecule has 1 heterocycles. The Labute approximate surface area is 89.0 Å². The molecule has 0 radical (unpaired) electrons. The Morgan fingerprint density at radius 2 is 2.21 bits per heavy atom. The van der Waals surface area contributed by atoms with Crippen molar-refractivity contribution in [1.82, 2.24) is 0 Å². The molecule has 0 bridgehead atoms. The summed E-state index contributed by atoms with van der Waals surface area (Å²) >= 11 is 6.09. The van der Waals surface area contributed by atoms with E-state index in [4.69, 9.17) is 22.1 Å². The van der Waals surface area contributed by atoms with Crippen LogP contribution in [0.5, 0.6) is 0 Å². The van der Waals surface area contributed by atoms with E-state index in [2.05, 4.69) is 6.92 Å². The lowest BCUT2D eigenvalue weighted by molar-refractivity contribution is 0.0212. The van der Waals surface area contributed by atoms with Crippen LogP contribution < -0.4 is 5.73 Å². The Kier molecular flexibility index (Phi) is 2.52. The van der Waals surface area contributed by atoms with Crippen molar-refractivity contribution in [3.8, 4) is 0 Å². The lowest BCUT2D eigenvalue weighted by Crippen LogP contribution is -2.32. The summed E-state index contributed by atoms with van der Waals surface area (Å²) < 4.78 is 5.54. The van der Waals surface area contributed by atoms with E-state index in [1.54, 1.807) is 0 Å². The van der Waals surface area contributed by atoms with E-state index >= 15 is 0 Å². The van der Waals surface area contributed by atoms with Gasteiger partial charge in [-0.25, -0.2) is 0 Å². The molecule has 3 heteroatoms. The summed E-state index contributed by atoms with van der Waals surface area (Å²) in [5.41, 5.74) is 9.49. The summed E-state index contributed by atoms with van der Waals surface area (Å²) in [6, 6.07) is 3.86. The molecule has 0 aliphatic carbocycles. The number of hydrogen-bond donors (Lipinski definition) is 1. The van der Waals surface area contributed by atoms with Gasteiger partial charge in [-0.3, -0.25) is 0 Å². The van der Waals surface area contributed by atoms with Crippen LogP contribution in [0.15, 0.2) is 12.1 Å². The average molecular weight is 212 g/mol. The van der Waals surface area contributed by atoms with Crippen molar-refractivity contribution in [3.05, 3.63) is 33.8 Å². The lowest BCUT2D eigenvalue weighted by Gasteiger charge is -2.30. The van der Waals surface area contributed by atoms with Gasteiger partial charge in [-0.2, -0.15) is 0 Å². The maximum atomic E-state index is 6.09. The zero-order valence-electron chi connectivity index (χ0n) is 8.38. The van der Waals surface area contributed by atoms with Gasteiger partial charge in [0.05, 0.1) is 18.8 Å². The molecule has 2 N–H and O–H groups in total. The Morgan fingerprint density at radius 1 is 1.50 bits per heavy atom. The van der Waals surface area contributed by atoms with Crippen LogP contribution in [-0.4, -0.2) is 6.10 Å². The zero-order valence-corrected chi connectivity index (χ0v) is 9.14. The SMILES string of the molecule is Cc1ccc(Cl)c2c1C(N)C(C)OC2. The van der Waals surface area contributed by atoms with Crippen LogP contribution in [0.2, 0.25) is 5.02 Å². The second-order valence-electron chi connectivity index (χ2n) is 3.80. The van der Waals surface area contributed by atoms with Gasteiger partial charge in [0, 0.05) is 10.6 Å². The van der Waals surface area contributed by atoms with Crippen LogP contribution >= 0.6 is 11.6 Å². The first-order valence-electron chi connectivity index (χ1n) is 4.76. The van der Waals surface area contributed by atoms with Gasteiger partial charge < -0.3 is 10.5 Å². The molecule has 2 rings (SSSR count). The van der Waals surface area contributed by atoms with Crippen LogP contribution in [0.4, 0.5) is 0 Å². The number of benzene rings is 1. The van der Waals surface area contributed by atoms with Crippen LogP contribution in [0.1, 0.15) is 29.7 Å². The third-order valence-corrected chi connectivity index (χ3v) is 3.20. The van der Waals surface area contributed by atoms with Crippen molar-refractivity contribution in [1.29, 1.82) is 0 Å². The fourth-order valence-electron chi connectivity index (χ4n) is 1.92. The first kappa shape index (κ1) is 9.97. The zero-order chi connectivity index (χ0) is 10.3. The molecule has 0 saturated heterocycles. The number of hydrogen-bond acceptors (Lipinski definition) is 2. The monoisotopic (exact) mass is 211 g/mol. The average Bonchev–Trinajstić information content (AvgIpc) is 2.16. The number of ether oxygens (including phenoxy) is 1. The molecule has 0 fully saturated rings. The molecule has 14 heavy (non-hydrogen) atoms. The third kappa shape index (κ3) is 1.44. The topological polar surface area (TPSA) is 35.2 Å². The Bertz CT molecular complexity index is 365. The van der Waals surface area contributed by atoms with E-state index in [0.29, 0.717) is 6.61 Å². The molecular weight excluding hydrogens is 198 g/mol. The first-order chi connectivity index (χ1) is 6.61. The number of aryl methyl sites for hydroxylation is 1. The Hall–Kier alpha value is -0.570. The smallest absolute Gasteiger partial charge is 0.0744 e. The summed E-state index contributed by atoms with van der Waals surface area (Å²) in [6.45, 7) is 4.63. The molecule has 0 amide bonds. The number of rotatable bonds is 0. The fourth-order valence-corrected chi connectivity index (χ4v) is 2.14. The van der Waals surface area contributed by atoms with E-state index in [1.807, 2.05) is 19.1 Å². The molecule has 76 valence electrons. The molecule has 2 atom stereocenters. The van der Waals surface area contributed by atoms with Gasteiger partial charge in [0.1, 0.15) is 0 Å². The summed E-state index contributed by atoms with van der Waals surface area (Å²) in [5.74, 6) is 0. The van der Waals surface area contributed by atoms with E-state index in [0.717, 1.165) is 16.1 Å². The Balaban J connectivity index is 2.58. The number of halogens is 1. The van der Waals surface area contributed by atoms with Gasteiger partial charge in [-0.05, 0) is 31.0 Å². The summed E-state index contributed by atoms with van der Waals surface area (Å²) in [7, 11) is 0. The van der Waals surface area contributed by atoms with E-state index in [-0.39, 0.29) is 12.1 Å². The molecule has 2 nitrogen and oxygen atoms in total. The number of fused-ring (bicyclic) bond motifs is 1. The van der Waals surface area contributed by atoms with Gasteiger partial charge >= 0.3 is 0 Å². The maximum absolute atomic E-state index is 6.09. The molecule has 1 aliphatic heterocycles. The van der Waals surface area contributed by atoms with E-state index in [9.17, 15) is 0 Å². The first-order valence-corrected chi connectivity index (χ1v) is 5.14. The molecule has 1 aliphatic rings. The molecule has 1 aromatic carbocycles. The standard InChI is InChI=1S/C11H14ClNO/c1-6-3-4-9(12)8-5-14-7(2)11(13)10(6)8/h3-4,7,11H,5,13H2,1-2H3. The van der Waals surface area contributed by atoms with Crippen molar-refractivity contribution in [3.63, 3.8) is 0 Å². The predicted octanol–water partition coefficient (Wildman–Crippen LogP) is 2.57. The number of nitrogens with two attached hydrogens (primary N) is 1. The lowest BCUT2D eigenvalue weighted by atomic mass is 9.91. The van der Waals surface area contributed by atoms with E-state index < -0.39 is 0 Å². The summed E-state index contributed by atoms with van der Waals surface area (Å²) in [4.78, 5) is 0. The van der Waals surface area contributed by atoms with Crippen molar-refractivity contribution in [2.24, 2.45) is 5.73 Å².